The van der Waals surface area contributed by atoms with Crippen molar-refractivity contribution in [3.63, 3.8) is 0 Å². The molecule has 0 spiro atoms. The Labute approximate surface area is 134 Å². The van der Waals surface area contributed by atoms with Crippen LogP contribution in [0.2, 0.25) is 0 Å². The fourth-order valence-electron chi connectivity index (χ4n) is 2.40. The van der Waals surface area contributed by atoms with Crippen LogP contribution in [0.25, 0.3) is 6.08 Å². The van der Waals surface area contributed by atoms with E-state index in [4.69, 9.17) is 10.5 Å². The highest BCUT2D eigenvalue weighted by atomic mass is 16.5. The number of anilines is 1. The molecule has 3 heteroatoms. The fourth-order valence-corrected chi connectivity index (χ4v) is 2.40. The van der Waals surface area contributed by atoms with E-state index in [1.54, 1.807) is 6.92 Å². The molecule has 0 aliphatic rings. The first-order valence-corrected chi connectivity index (χ1v) is 8.38. The molecular weight excluding hydrogens is 274 g/mol. The number of nitrogen functional groups attached to an aromatic ring is 1. The van der Waals surface area contributed by atoms with Crippen LogP contribution in [-0.2, 0) is 22.4 Å². The average Bonchev–Trinajstić information content (AvgIpc) is 2.51. The monoisotopic (exact) mass is 303 g/mol. The van der Waals surface area contributed by atoms with Crippen molar-refractivity contribution < 1.29 is 9.53 Å². The van der Waals surface area contributed by atoms with Crippen molar-refractivity contribution in [2.45, 2.75) is 59.3 Å². The van der Waals surface area contributed by atoms with Crippen LogP contribution in [0, 0.1) is 0 Å². The smallest absolute Gasteiger partial charge is 0.330 e. The number of nitrogens with two attached hydrogens (primary N) is 1. The minimum atomic E-state index is -0.301. The molecule has 0 saturated carbocycles. The van der Waals surface area contributed by atoms with Crippen molar-refractivity contribution >= 4 is 17.7 Å². The highest BCUT2D eigenvalue weighted by Gasteiger charge is 2.07. The van der Waals surface area contributed by atoms with Gasteiger partial charge in [0.25, 0.3) is 0 Å². The largest absolute Gasteiger partial charge is 0.463 e. The number of esters is 1. The molecule has 0 aliphatic carbocycles. The molecular formula is C19H29NO2. The topological polar surface area (TPSA) is 52.3 Å². The van der Waals surface area contributed by atoms with E-state index in [1.807, 2.05) is 6.08 Å². The van der Waals surface area contributed by atoms with Crippen molar-refractivity contribution in [1.29, 1.82) is 0 Å². The first-order valence-electron chi connectivity index (χ1n) is 8.38. The molecule has 0 aliphatic heterocycles. The molecule has 0 fully saturated rings. The van der Waals surface area contributed by atoms with E-state index in [1.165, 1.54) is 17.2 Å². The predicted molar refractivity (Wildman–Crippen MR) is 93.7 cm³/mol. The number of carbonyl (C=O) groups is 1. The third-order valence-corrected chi connectivity index (χ3v) is 3.67. The number of benzene rings is 1. The van der Waals surface area contributed by atoms with Gasteiger partial charge in [-0.05, 0) is 67.5 Å². The molecule has 0 unspecified atom stereocenters. The Morgan fingerprint density at radius 2 is 1.64 bits per heavy atom. The maximum atomic E-state index is 11.5. The van der Waals surface area contributed by atoms with Gasteiger partial charge in [-0.2, -0.15) is 0 Å². The highest BCUT2D eigenvalue weighted by molar-refractivity contribution is 5.87. The Hall–Kier alpha value is -1.77. The normalized spacial score (nSPS) is 11.0. The van der Waals surface area contributed by atoms with E-state index < -0.39 is 0 Å². The summed E-state index contributed by atoms with van der Waals surface area (Å²) in [6.07, 6.45) is 9.83. The lowest BCUT2D eigenvalue weighted by Crippen LogP contribution is -2.02. The molecule has 1 rings (SSSR count). The number of rotatable bonds is 9. The molecule has 22 heavy (non-hydrogen) atoms. The van der Waals surface area contributed by atoms with E-state index in [0.29, 0.717) is 6.61 Å². The van der Waals surface area contributed by atoms with Gasteiger partial charge < -0.3 is 10.5 Å². The summed E-state index contributed by atoms with van der Waals surface area (Å²) in [7, 11) is 0. The van der Waals surface area contributed by atoms with Gasteiger partial charge in [0.15, 0.2) is 0 Å². The van der Waals surface area contributed by atoms with Crippen LogP contribution in [0.4, 0.5) is 5.69 Å². The summed E-state index contributed by atoms with van der Waals surface area (Å²) < 4.78 is 4.93. The van der Waals surface area contributed by atoms with Crippen molar-refractivity contribution in [2.75, 3.05) is 12.3 Å². The summed E-state index contributed by atoms with van der Waals surface area (Å²) in [6, 6.07) is 4.19. The number of hydrogen-bond acceptors (Lipinski definition) is 3. The molecule has 0 bridgehead atoms. The third kappa shape index (κ3) is 5.92. The van der Waals surface area contributed by atoms with E-state index in [-0.39, 0.29) is 5.97 Å². The van der Waals surface area contributed by atoms with Gasteiger partial charge in [0, 0.05) is 11.8 Å². The summed E-state index contributed by atoms with van der Waals surface area (Å²) in [5.41, 5.74) is 10.7. The number of carbonyl (C=O) groups excluding carboxylic acids is 1. The molecule has 0 heterocycles. The molecule has 122 valence electrons. The van der Waals surface area contributed by atoms with Gasteiger partial charge in [-0.1, -0.05) is 26.7 Å². The lowest BCUT2D eigenvalue weighted by atomic mass is 9.96. The lowest BCUT2D eigenvalue weighted by molar-refractivity contribution is -0.137. The van der Waals surface area contributed by atoms with Gasteiger partial charge in [0.2, 0.25) is 0 Å². The Morgan fingerprint density at radius 3 is 2.09 bits per heavy atom. The molecule has 3 nitrogen and oxygen atoms in total. The van der Waals surface area contributed by atoms with Crippen LogP contribution < -0.4 is 5.73 Å². The van der Waals surface area contributed by atoms with Gasteiger partial charge in [-0.25, -0.2) is 4.79 Å². The zero-order valence-corrected chi connectivity index (χ0v) is 14.2. The van der Waals surface area contributed by atoms with E-state index in [0.717, 1.165) is 49.8 Å². The van der Waals surface area contributed by atoms with Crippen molar-refractivity contribution in [2.24, 2.45) is 0 Å². The number of hydrogen-bond donors (Lipinski definition) is 1. The summed E-state index contributed by atoms with van der Waals surface area (Å²) >= 11 is 0. The van der Waals surface area contributed by atoms with Crippen LogP contribution in [0.5, 0.6) is 0 Å². The van der Waals surface area contributed by atoms with Crippen molar-refractivity contribution in [3.05, 3.63) is 34.9 Å². The van der Waals surface area contributed by atoms with Crippen LogP contribution in [-0.4, -0.2) is 12.6 Å². The Bertz CT molecular complexity index is 477. The zero-order chi connectivity index (χ0) is 16.4. The van der Waals surface area contributed by atoms with Crippen LogP contribution >= 0.6 is 0 Å². The van der Waals surface area contributed by atoms with Gasteiger partial charge in [0.1, 0.15) is 0 Å². The average molecular weight is 303 g/mol. The predicted octanol–water partition coefficient (Wildman–Crippen LogP) is 4.53. The Kier molecular flexibility index (Phi) is 8.34. The van der Waals surface area contributed by atoms with E-state index in [2.05, 4.69) is 26.0 Å². The molecule has 0 atom stereocenters. The van der Waals surface area contributed by atoms with E-state index in [9.17, 15) is 4.79 Å². The molecule has 0 radical (unpaired) electrons. The second-order valence-corrected chi connectivity index (χ2v) is 5.55. The maximum Gasteiger partial charge on any atom is 0.330 e. The molecule has 1 aromatic rings. The Morgan fingerprint density at radius 1 is 1.09 bits per heavy atom. The summed E-state index contributed by atoms with van der Waals surface area (Å²) in [5, 5.41) is 0. The summed E-state index contributed by atoms with van der Waals surface area (Å²) in [6.45, 7) is 6.56. The van der Waals surface area contributed by atoms with Crippen LogP contribution in [0.1, 0.15) is 63.1 Å². The molecule has 0 amide bonds. The molecule has 0 saturated heterocycles. The first kappa shape index (κ1) is 18.3. The summed E-state index contributed by atoms with van der Waals surface area (Å²) in [4.78, 5) is 11.5. The quantitative estimate of drug-likeness (QED) is 0.414. The Balaban J connectivity index is 3.01. The summed E-state index contributed by atoms with van der Waals surface area (Å²) in [5.74, 6) is -0.301. The standard InChI is InChI=1S/C19H29NO2/c1-4-7-9-16-13-15(11-12-18(21)22-6-3)14-17(19(16)20)10-8-5-2/h11-14H,4-10,20H2,1-3H3. The second-order valence-electron chi connectivity index (χ2n) is 5.55. The van der Waals surface area contributed by atoms with Crippen molar-refractivity contribution in [1.82, 2.24) is 0 Å². The number of ether oxygens (including phenoxy) is 1. The van der Waals surface area contributed by atoms with E-state index >= 15 is 0 Å². The number of unbranched alkanes of at least 4 members (excludes halogenated alkanes) is 2. The first-order chi connectivity index (χ1) is 10.6. The minimum Gasteiger partial charge on any atom is -0.463 e. The molecule has 1 aromatic carbocycles. The molecule has 0 aromatic heterocycles. The van der Waals surface area contributed by atoms with Gasteiger partial charge in [0.05, 0.1) is 6.61 Å². The lowest BCUT2D eigenvalue weighted by Gasteiger charge is -2.13. The number of aryl methyl sites for hydroxylation is 2. The SMILES string of the molecule is CCCCc1cc(C=CC(=O)OCC)cc(CCCC)c1N. The van der Waals surface area contributed by atoms with Crippen molar-refractivity contribution in [3.8, 4) is 0 Å². The minimum absolute atomic E-state index is 0.301. The van der Waals surface area contributed by atoms with Gasteiger partial charge in [-0.3, -0.25) is 0 Å². The fraction of sp³-hybridized carbons (Fsp3) is 0.526. The van der Waals surface area contributed by atoms with Crippen LogP contribution in [0.15, 0.2) is 18.2 Å². The van der Waals surface area contributed by atoms with Gasteiger partial charge in [-0.15, -0.1) is 0 Å². The third-order valence-electron chi connectivity index (χ3n) is 3.67. The van der Waals surface area contributed by atoms with Crippen LogP contribution in [0.3, 0.4) is 0 Å². The second kappa shape index (κ2) is 10.0. The highest BCUT2D eigenvalue weighted by Crippen LogP contribution is 2.24. The zero-order valence-electron chi connectivity index (χ0n) is 14.2. The maximum absolute atomic E-state index is 11.5. The van der Waals surface area contributed by atoms with Gasteiger partial charge >= 0.3 is 5.97 Å². The molecule has 2 N–H and O–H groups in total.